The molecule has 2 aromatic carbocycles. The fourth-order valence-electron chi connectivity index (χ4n) is 3.23. The number of methoxy groups -OCH3 is 1. The first kappa shape index (κ1) is 18.4. The predicted octanol–water partition coefficient (Wildman–Crippen LogP) is 4.72. The van der Waals surface area contributed by atoms with Gasteiger partial charge in [0.1, 0.15) is 6.17 Å². The first-order valence-corrected chi connectivity index (χ1v) is 9.15. The third-order valence-corrected chi connectivity index (χ3v) is 4.62. The molecule has 0 bridgehead atoms. The number of rotatable bonds is 6. The lowest BCUT2D eigenvalue weighted by atomic mass is 10.0. The fraction of sp³-hybridized carbons (Fsp3) is 0.350. The summed E-state index contributed by atoms with van der Waals surface area (Å²) in [6, 6.07) is 11.3. The van der Waals surface area contributed by atoms with Crippen LogP contribution in [0.25, 0.3) is 0 Å². The highest BCUT2D eigenvalue weighted by atomic mass is 35.5. The van der Waals surface area contributed by atoms with Crippen molar-refractivity contribution in [3.8, 4) is 11.5 Å². The van der Waals surface area contributed by atoms with Gasteiger partial charge >= 0.3 is 0 Å². The van der Waals surface area contributed by atoms with Crippen molar-refractivity contribution in [2.24, 2.45) is 0 Å². The summed E-state index contributed by atoms with van der Waals surface area (Å²) in [5, 5.41) is 3.92. The van der Waals surface area contributed by atoms with E-state index in [9.17, 15) is 4.79 Å². The zero-order valence-electron chi connectivity index (χ0n) is 15.2. The molecule has 0 radical (unpaired) electrons. The Labute approximate surface area is 158 Å². The molecule has 1 heterocycles. The van der Waals surface area contributed by atoms with Gasteiger partial charge in [-0.25, -0.2) is 0 Å². The molecule has 6 heteroatoms. The molecule has 1 aliphatic rings. The van der Waals surface area contributed by atoms with Crippen LogP contribution >= 0.6 is 11.6 Å². The van der Waals surface area contributed by atoms with Crippen LogP contribution in [0.3, 0.4) is 0 Å². The number of benzene rings is 2. The van der Waals surface area contributed by atoms with E-state index < -0.39 is 0 Å². The highest BCUT2D eigenvalue weighted by Gasteiger charge is 2.33. The highest BCUT2D eigenvalue weighted by molar-refractivity contribution is 6.32. The quantitative estimate of drug-likeness (QED) is 0.794. The van der Waals surface area contributed by atoms with Crippen LogP contribution in [0.1, 0.15) is 42.4 Å². The maximum absolute atomic E-state index is 13.0. The van der Waals surface area contributed by atoms with Crippen molar-refractivity contribution in [3.63, 3.8) is 0 Å². The van der Waals surface area contributed by atoms with Gasteiger partial charge < -0.3 is 19.7 Å². The van der Waals surface area contributed by atoms with E-state index in [1.54, 1.807) is 7.11 Å². The van der Waals surface area contributed by atoms with Crippen molar-refractivity contribution in [3.05, 3.63) is 52.5 Å². The lowest BCUT2D eigenvalue weighted by Gasteiger charge is -2.38. The molecule has 26 heavy (non-hydrogen) atoms. The average Bonchev–Trinajstić information content (AvgIpc) is 2.64. The Balaban J connectivity index is 2.07. The zero-order valence-corrected chi connectivity index (χ0v) is 16.0. The summed E-state index contributed by atoms with van der Waals surface area (Å²) < 4.78 is 11.1. The van der Waals surface area contributed by atoms with Gasteiger partial charge in [-0.15, -0.1) is 0 Å². The molecular formula is C20H23ClN2O3. The minimum atomic E-state index is -0.319. The summed E-state index contributed by atoms with van der Waals surface area (Å²) >= 11 is 6.41. The van der Waals surface area contributed by atoms with Crippen LogP contribution in [0.5, 0.6) is 11.5 Å². The SMILES string of the molecule is CCCN1C(=O)c2ccccc2N[C@@H]1c1cc(Cl)c(OC)c(OCC)c1. The van der Waals surface area contributed by atoms with Crippen molar-refractivity contribution in [1.29, 1.82) is 0 Å². The number of anilines is 1. The molecule has 138 valence electrons. The van der Waals surface area contributed by atoms with Gasteiger partial charge in [-0.3, -0.25) is 4.79 Å². The second kappa shape index (κ2) is 7.87. The third-order valence-electron chi connectivity index (χ3n) is 4.34. The molecular weight excluding hydrogens is 352 g/mol. The van der Waals surface area contributed by atoms with E-state index in [1.165, 1.54) is 0 Å². The number of carbonyl (C=O) groups is 1. The molecule has 0 spiro atoms. The van der Waals surface area contributed by atoms with Crippen LogP contribution in [0.2, 0.25) is 5.02 Å². The third kappa shape index (κ3) is 3.31. The van der Waals surface area contributed by atoms with Gasteiger partial charge in [-0.1, -0.05) is 30.7 Å². The van der Waals surface area contributed by atoms with E-state index in [2.05, 4.69) is 12.2 Å². The summed E-state index contributed by atoms with van der Waals surface area (Å²) in [6.45, 7) is 5.09. The van der Waals surface area contributed by atoms with Gasteiger partial charge in [0.05, 0.1) is 24.3 Å². The Morgan fingerprint density at radius 1 is 1.23 bits per heavy atom. The van der Waals surface area contributed by atoms with Gasteiger partial charge in [-0.2, -0.15) is 0 Å². The molecule has 0 saturated heterocycles. The van der Waals surface area contributed by atoms with E-state index >= 15 is 0 Å². The van der Waals surface area contributed by atoms with Crippen molar-refractivity contribution in [2.45, 2.75) is 26.4 Å². The Hall–Kier alpha value is -2.40. The van der Waals surface area contributed by atoms with Crippen molar-refractivity contribution in [1.82, 2.24) is 4.90 Å². The van der Waals surface area contributed by atoms with Gasteiger partial charge in [-0.05, 0) is 37.6 Å². The van der Waals surface area contributed by atoms with E-state index in [0.29, 0.717) is 35.2 Å². The molecule has 0 saturated carbocycles. The van der Waals surface area contributed by atoms with E-state index in [1.807, 2.05) is 48.2 Å². The lowest BCUT2D eigenvalue weighted by Crippen LogP contribution is -2.43. The highest BCUT2D eigenvalue weighted by Crippen LogP contribution is 2.41. The fourth-order valence-corrected chi connectivity index (χ4v) is 3.53. The monoisotopic (exact) mass is 374 g/mol. The standard InChI is InChI=1S/C20H23ClN2O3/c1-4-10-23-19(22-16-9-7-6-8-14(16)20(23)24)13-11-15(21)18(25-3)17(12-13)26-5-2/h6-9,11-12,19,22H,4-5,10H2,1-3H3/t19-/m0/s1. The molecule has 2 aromatic rings. The maximum Gasteiger partial charge on any atom is 0.257 e. The summed E-state index contributed by atoms with van der Waals surface area (Å²) in [7, 11) is 1.56. The first-order valence-electron chi connectivity index (χ1n) is 8.77. The number of amides is 1. The Kier molecular flexibility index (Phi) is 5.57. The molecule has 0 aliphatic carbocycles. The topological polar surface area (TPSA) is 50.8 Å². The number of fused-ring (bicyclic) bond motifs is 1. The lowest BCUT2D eigenvalue weighted by molar-refractivity contribution is 0.0683. The number of ether oxygens (including phenoxy) is 2. The molecule has 3 rings (SSSR count). The Morgan fingerprint density at radius 2 is 2.00 bits per heavy atom. The number of nitrogens with one attached hydrogen (secondary N) is 1. The van der Waals surface area contributed by atoms with Crippen molar-refractivity contribution in [2.75, 3.05) is 25.6 Å². The summed E-state index contributed by atoms with van der Waals surface area (Å²) in [5.41, 5.74) is 2.36. The van der Waals surface area contributed by atoms with E-state index in [-0.39, 0.29) is 12.1 Å². The van der Waals surface area contributed by atoms with Crippen molar-refractivity contribution < 1.29 is 14.3 Å². The summed E-state index contributed by atoms with van der Waals surface area (Å²) in [6.07, 6.45) is 0.536. The molecule has 5 nitrogen and oxygen atoms in total. The minimum Gasteiger partial charge on any atom is -0.491 e. The van der Waals surface area contributed by atoms with Gasteiger partial charge in [0.2, 0.25) is 0 Å². The molecule has 1 aliphatic heterocycles. The normalized spacial score (nSPS) is 16.1. The van der Waals surface area contributed by atoms with Crippen molar-refractivity contribution >= 4 is 23.2 Å². The molecule has 1 N–H and O–H groups in total. The molecule has 1 atom stereocenters. The van der Waals surface area contributed by atoms with Crippen LogP contribution in [0.4, 0.5) is 5.69 Å². The van der Waals surface area contributed by atoms with E-state index in [4.69, 9.17) is 21.1 Å². The smallest absolute Gasteiger partial charge is 0.257 e. The minimum absolute atomic E-state index is 0.0103. The van der Waals surface area contributed by atoms with Crippen LogP contribution in [0, 0.1) is 0 Å². The maximum atomic E-state index is 13.0. The average molecular weight is 375 g/mol. The molecule has 0 unspecified atom stereocenters. The Morgan fingerprint density at radius 3 is 2.69 bits per heavy atom. The van der Waals surface area contributed by atoms with E-state index in [0.717, 1.165) is 17.7 Å². The number of nitrogens with zero attached hydrogens (tertiary/aromatic N) is 1. The molecule has 1 amide bonds. The number of halogens is 1. The van der Waals surface area contributed by atoms with Crippen LogP contribution in [-0.2, 0) is 0 Å². The summed E-state index contributed by atoms with van der Waals surface area (Å²) in [5.74, 6) is 1.08. The number of hydrogen-bond acceptors (Lipinski definition) is 4. The van der Waals surface area contributed by atoms with Gasteiger partial charge in [0.25, 0.3) is 5.91 Å². The predicted molar refractivity (Wildman–Crippen MR) is 103 cm³/mol. The molecule has 0 aromatic heterocycles. The number of para-hydroxylation sites is 1. The Bertz CT molecular complexity index is 810. The zero-order chi connectivity index (χ0) is 18.7. The van der Waals surface area contributed by atoms with Gasteiger partial charge in [0, 0.05) is 17.8 Å². The van der Waals surface area contributed by atoms with Crippen LogP contribution in [0.15, 0.2) is 36.4 Å². The first-order chi connectivity index (χ1) is 12.6. The molecule has 0 fully saturated rings. The second-order valence-corrected chi connectivity index (χ2v) is 6.47. The second-order valence-electron chi connectivity index (χ2n) is 6.06. The largest absolute Gasteiger partial charge is 0.491 e. The van der Waals surface area contributed by atoms with Crippen LogP contribution in [-0.4, -0.2) is 31.1 Å². The number of hydrogen-bond donors (Lipinski definition) is 1. The van der Waals surface area contributed by atoms with Gasteiger partial charge in [0.15, 0.2) is 11.5 Å². The number of carbonyl (C=O) groups excluding carboxylic acids is 1. The van der Waals surface area contributed by atoms with Crippen LogP contribution < -0.4 is 14.8 Å². The summed E-state index contributed by atoms with van der Waals surface area (Å²) in [4.78, 5) is 14.8.